The molecule has 0 spiro atoms. The lowest BCUT2D eigenvalue weighted by Gasteiger charge is -2.20. The van der Waals surface area contributed by atoms with Crippen molar-refractivity contribution in [2.45, 2.75) is 6.04 Å². The van der Waals surface area contributed by atoms with Crippen LogP contribution in [0, 0.1) is 5.82 Å². The fraction of sp³-hybridized carbons (Fsp3) is 0.111. The predicted octanol–water partition coefficient (Wildman–Crippen LogP) is 2.88. The number of halogens is 1. The SMILES string of the molecule is CN1C(=O)C(=O)/C(=C(\O)c2ccccc2)C1c1ccc(F)cc1. The summed E-state index contributed by atoms with van der Waals surface area (Å²) < 4.78 is 13.1. The highest BCUT2D eigenvalue weighted by Gasteiger charge is 2.44. The lowest BCUT2D eigenvalue weighted by atomic mass is 9.95. The molecule has 1 saturated heterocycles. The van der Waals surface area contributed by atoms with Crippen LogP contribution in [-0.2, 0) is 9.59 Å². The first-order valence-corrected chi connectivity index (χ1v) is 7.06. The summed E-state index contributed by atoms with van der Waals surface area (Å²) in [6.07, 6.45) is 0. The van der Waals surface area contributed by atoms with Crippen LogP contribution in [0.4, 0.5) is 4.39 Å². The van der Waals surface area contributed by atoms with Gasteiger partial charge in [-0.05, 0) is 17.7 Å². The van der Waals surface area contributed by atoms with E-state index in [1.807, 2.05) is 0 Å². The molecule has 0 saturated carbocycles. The van der Waals surface area contributed by atoms with Crippen LogP contribution in [-0.4, -0.2) is 28.7 Å². The number of hydrogen-bond donors (Lipinski definition) is 1. The van der Waals surface area contributed by atoms with Crippen molar-refractivity contribution in [3.8, 4) is 0 Å². The van der Waals surface area contributed by atoms with Gasteiger partial charge < -0.3 is 10.0 Å². The van der Waals surface area contributed by atoms with E-state index in [2.05, 4.69) is 0 Å². The van der Waals surface area contributed by atoms with Crippen molar-refractivity contribution in [3.05, 3.63) is 77.1 Å². The fourth-order valence-electron chi connectivity index (χ4n) is 2.73. The standard InChI is InChI=1S/C18H14FNO3/c1-20-15(11-7-9-13(19)10-8-11)14(17(22)18(20)23)16(21)12-5-3-2-4-6-12/h2-10,15,21H,1H3/b16-14-. The van der Waals surface area contributed by atoms with Crippen LogP contribution in [0.5, 0.6) is 0 Å². The normalized spacial score (nSPS) is 20.1. The van der Waals surface area contributed by atoms with E-state index in [-0.39, 0.29) is 11.3 Å². The number of carbonyl (C=O) groups is 2. The Hall–Kier alpha value is -2.95. The minimum absolute atomic E-state index is 0.00954. The zero-order chi connectivity index (χ0) is 16.6. The maximum absolute atomic E-state index is 13.1. The third-order valence-electron chi connectivity index (χ3n) is 3.91. The molecule has 2 aromatic rings. The second kappa shape index (κ2) is 5.68. The molecule has 23 heavy (non-hydrogen) atoms. The minimum atomic E-state index is -0.747. The van der Waals surface area contributed by atoms with Gasteiger partial charge in [0.1, 0.15) is 11.6 Å². The number of aliphatic hydroxyl groups excluding tert-OH is 1. The van der Waals surface area contributed by atoms with Crippen LogP contribution in [0.25, 0.3) is 5.76 Å². The molecule has 1 amide bonds. The monoisotopic (exact) mass is 311 g/mol. The van der Waals surface area contributed by atoms with Crippen LogP contribution >= 0.6 is 0 Å². The highest BCUT2D eigenvalue weighted by atomic mass is 19.1. The molecule has 1 aliphatic rings. The topological polar surface area (TPSA) is 57.6 Å². The van der Waals surface area contributed by atoms with Crippen LogP contribution in [0.2, 0.25) is 0 Å². The molecule has 1 fully saturated rings. The van der Waals surface area contributed by atoms with Gasteiger partial charge in [0, 0.05) is 12.6 Å². The molecule has 116 valence electrons. The zero-order valence-corrected chi connectivity index (χ0v) is 12.4. The fourth-order valence-corrected chi connectivity index (χ4v) is 2.73. The first-order chi connectivity index (χ1) is 11.0. The van der Waals surface area contributed by atoms with Gasteiger partial charge in [-0.2, -0.15) is 0 Å². The summed E-state index contributed by atoms with van der Waals surface area (Å²) in [5.41, 5.74) is 1.02. The molecule has 0 radical (unpaired) electrons. The molecule has 1 N–H and O–H groups in total. The van der Waals surface area contributed by atoms with Crippen LogP contribution in [0.3, 0.4) is 0 Å². The van der Waals surface area contributed by atoms with Crippen molar-refractivity contribution in [1.82, 2.24) is 4.90 Å². The Balaban J connectivity index is 2.17. The van der Waals surface area contributed by atoms with E-state index in [4.69, 9.17) is 0 Å². The van der Waals surface area contributed by atoms with Crippen molar-refractivity contribution in [3.63, 3.8) is 0 Å². The van der Waals surface area contributed by atoms with Crippen LogP contribution in [0.1, 0.15) is 17.2 Å². The summed E-state index contributed by atoms with van der Waals surface area (Å²) in [5, 5.41) is 10.5. The Labute approximate surface area is 132 Å². The van der Waals surface area contributed by atoms with E-state index in [0.717, 1.165) is 0 Å². The summed E-state index contributed by atoms with van der Waals surface area (Å²) in [5.74, 6) is -2.09. The van der Waals surface area contributed by atoms with Gasteiger partial charge in [-0.3, -0.25) is 9.59 Å². The molecule has 5 heteroatoms. The number of nitrogens with zero attached hydrogens (tertiary/aromatic N) is 1. The molecule has 1 heterocycles. The second-order valence-electron chi connectivity index (χ2n) is 5.33. The summed E-state index contributed by atoms with van der Waals surface area (Å²) in [6.45, 7) is 0. The van der Waals surface area contributed by atoms with Crippen molar-refractivity contribution >= 4 is 17.4 Å². The third-order valence-corrected chi connectivity index (χ3v) is 3.91. The molecule has 0 aromatic heterocycles. The highest BCUT2D eigenvalue weighted by molar-refractivity contribution is 6.46. The van der Waals surface area contributed by atoms with E-state index in [0.29, 0.717) is 11.1 Å². The number of hydrogen-bond acceptors (Lipinski definition) is 3. The highest BCUT2D eigenvalue weighted by Crippen LogP contribution is 2.38. The number of rotatable bonds is 2. The maximum Gasteiger partial charge on any atom is 0.295 e. The van der Waals surface area contributed by atoms with Gasteiger partial charge in [0.15, 0.2) is 0 Å². The Bertz CT molecular complexity index is 797. The number of ketones is 1. The molecular formula is C18H14FNO3. The van der Waals surface area contributed by atoms with Gasteiger partial charge in [0.2, 0.25) is 0 Å². The van der Waals surface area contributed by atoms with Crippen molar-refractivity contribution in [1.29, 1.82) is 0 Å². The predicted molar refractivity (Wildman–Crippen MR) is 82.9 cm³/mol. The number of Topliss-reactive ketones (excluding diaryl/α,β-unsaturated/α-hetero) is 1. The summed E-state index contributed by atoms with van der Waals surface area (Å²) in [6, 6.07) is 13.3. The van der Waals surface area contributed by atoms with Gasteiger partial charge in [0.25, 0.3) is 11.7 Å². The van der Waals surface area contributed by atoms with E-state index < -0.39 is 23.5 Å². The minimum Gasteiger partial charge on any atom is -0.507 e. The van der Waals surface area contributed by atoms with E-state index in [1.165, 1.54) is 36.2 Å². The van der Waals surface area contributed by atoms with Gasteiger partial charge in [-0.15, -0.1) is 0 Å². The Kier molecular flexibility index (Phi) is 3.70. The average molecular weight is 311 g/mol. The second-order valence-corrected chi connectivity index (χ2v) is 5.33. The number of benzene rings is 2. The molecule has 4 nitrogen and oxygen atoms in total. The number of amides is 1. The number of likely N-dealkylation sites (N-methyl/N-ethyl adjacent to an activating group) is 1. The zero-order valence-electron chi connectivity index (χ0n) is 12.4. The number of carbonyl (C=O) groups excluding carboxylic acids is 2. The molecular weight excluding hydrogens is 297 g/mol. The molecule has 1 unspecified atom stereocenters. The lowest BCUT2D eigenvalue weighted by molar-refractivity contribution is -0.139. The van der Waals surface area contributed by atoms with Crippen LogP contribution < -0.4 is 0 Å². The van der Waals surface area contributed by atoms with Crippen LogP contribution in [0.15, 0.2) is 60.2 Å². The third kappa shape index (κ3) is 2.50. The van der Waals surface area contributed by atoms with Gasteiger partial charge >= 0.3 is 0 Å². The van der Waals surface area contributed by atoms with E-state index in [9.17, 15) is 19.1 Å². The average Bonchev–Trinajstić information content (AvgIpc) is 2.80. The largest absolute Gasteiger partial charge is 0.507 e. The summed E-state index contributed by atoms with van der Waals surface area (Å²) in [4.78, 5) is 25.6. The molecule has 1 aliphatic heterocycles. The quantitative estimate of drug-likeness (QED) is 0.527. The van der Waals surface area contributed by atoms with Crippen molar-refractivity contribution in [2.75, 3.05) is 7.05 Å². The first-order valence-electron chi connectivity index (χ1n) is 7.06. The first kappa shape index (κ1) is 15.0. The van der Waals surface area contributed by atoms with Crippen molar-refractivity contribution < 1.29 is 19.1 Å². The number of aliphatic hydroxyl groups is 1. The Morgan fingerprint density at radius 3 is 2.26 bits per heavy atom. The maximum atomic E-state index is 13.1. The molecule has 3 rings (SSSR count). The van der Waals surface area contributed by atoms with Gasteiger partial charge in [-0.1, -0.05) is 42.5 Å². The van der Waals surface area contributed by atoms with Crippen molar-refractivity contribution in [2.24, 2.45) is 0 Å². The number of likely N-dealkylation sites (tertiary alicyclic amines) is 1. The molecule has 2 aromatic carbocycles. The Morgan fingerprint density at radius 2 is 1.65 bits per heavy atom. The summed E-state index contributed by atoms with van der Waals surface area (Å²) in [7, 11) is 1.49. The molecule has 1 atom stereocenters. The molecule has 0 aliphatic carbocycles. The molecule has 0 bridgehead atoms. The smallest absolute Gasteiger partial charge is 0.295 e. The summed E-state index contributed by atoms with van der Waals surface area (Å²) >= 11 is 0. The van der Waals surface area contributed by atoms with Gasteiger partial charge in [0.05, 0.1) is 11.6 Å². The lowest BCUT2D eigenvalue weighted by Crippen LogP contribution is -2.24. The van der Waals surface area contributed by atoms with E-state index in [1.54, 1.807) is 30.3 Å². The van der Waals surface area contributed by atoms with E-state index >= 15 is 0 Å². The Morgan fingerprint density at radius 1 is 1.04 bits per heavy atom. The van der Waals surface area contributed by atoms with Gasteiger partial charge in [-0.25, -0.2) is 4.39 Å².